The first kappa shape index (κ1) is 16.3. The van der Waals surface area contributed by atoms with Gasteiger partial charge in [0.2, 0.25) is 0 Å². The fourth-order valence-corrected chi connectivity index (χ4v) is 4.23. The Balaban J connectivity index is 1.96. The molecule has 3 rings (SSSR count). The molecular weight excluding hydrogens is 288 g/mol. The molecule has 1 aliphatic carbocycles. The predicted molar refractivity (Wildman–Crippen MR) is 90.1 cm³/mol. The van der Waals surface area contributed by atoms with Crippen LogP contribution in [0.3, 0.4) is 0 Å². The number of benzene rings is 1. The summed E-state index contributed by atoms with van der Waals surface area (Å²) < 4.78 is 11.8. The average Bonchev–Trinajstić information content (AvgIpc) is 2.53. The molecule has 1 aliphatic heterocycles. The van der Waals surface area contributed by atoms with Gasteiger partial charge < -0.3 is 9.47 Å². The molecule has 0 saturated carbocycles. The second-order valence-electron chi connectivity index (χ2n) is 6.94. The lowest BCUT2D eigenvalue weighted by Crippen LogP contribution is -2.42. The molecular formula is C20H26O3. The predicted octanol–water partition coefficient (Wildman–Crippen LogP) is 4.54. The Morgan fingerprint density at radius 3 is 2.78 bits per heavy atom. The summed E-state index contributed by atoms with van der Waals surface area (Å²) >= 11 is 0. The van der Waals surface area contributed by atoms with E-state index in [1.54, 1.807) is 0 Å². The summed E-state index contributed by atoms with van der Waals surface area (Å²) in [4.78, 5) is 11.7. The normalized spacial score (nSPS) is 33.0. The van der Waals surface area contributed by atoms with Gasteiger partial charge in [-0.2, -0.15) is 0 Å². The summed E-state index contributed by atoms with van der Waals surface area (Å²) in [6.07, 6.45) is 2.73. The molecule has 0 N–H and O–H groups in total. The lowest BCUT2D eigenvalue weighted by atomic mass is 9.64. The van der Waals surface area contributed by atoms with Crippen LogP contribution in [-0.4, -0.2) is 12.6 Å². The van der Waals surface area contributed by atoms with Gasteiger partial charge in [-0.1, -0.05) is 50.6 Å². The zero-order valence-electron chi connectivity index (χ0n) is 14.4. The maximum atomic E-state index is 11.7. The van der Waals surface area contributed by atoms with E-state index in [4.69, 9.17) is 9.47 Å². The number of carbonyl (C=O) groups excluding carboxylic acids is 1. The van der Waals surface area contributed by atoms with Crippen LogP contribution in [0.4, 0.5) is 0 Å². The molecule has 1 fully saturated rings. The molecule has 5 atom stereocenters. The monoisotopic (exact) mass is 314 g/mol. The van der Waals surface area contributed by atoms with Crippen LogP contribution in [0, 0.1) is 23.7 Å². The number of allylic oxidation sites excluding steroid dienone is 1. The first-order valence-electron chi connectivity index (χ1n) is 8.62. The van der Waals surface area contributed by atoms with E-state index in [0.717, 1.165) is 12.2 Å². The van der Waals surface area contributed by atoms with Gasteiger partial charge in [0.25, 0.3) is 0 Å². The summed E-state index contributed by atoms with van der Waals surface area (Å²) in [6, 6.07) is 7.79. The number of esters is 1. The summed E-state index contributed by atoms with van der Waals surface area (Å²) in [5.74, 6) is 2.50. The minimum absolute atomic E-state index is 0.0362. The highest BCUT2D eigenvalue weighted by Crippen LogP contribution is 2.50. The number of hydrogen-bond acceptors (Lipinski definition) is 3. The Bertz CT molecular complexity index is 619. The highest BCUT2D eigenvalue weighted by Gasteiger charge is 2.44. The smallest absolute Gasteiger partial charge is 0.310 e. The number of fused-ring (bicyclic) bond motifs is 2. The first-order valence-corrected chi connectivity index (χ1v) is 8.62. The van der Waals surface area contributed by atoms with Gasteiger partial charge in [-0.05, 0) is 30.7 Å². The maximum absolute atomic E-state index is 11.7. The van der Waals surface area contributed by atoms with E-state index in [1.807, 2.05) is 31.2 Å². The number of ether oxygens (including phenoxy) is 2. The van der Waals surface area contributed by atoms with Gasteiger partial charge in [-0.3, -0.25) is 4.79 Å². The number of para-hydroxylation sites is 1. The standard InChI is InChI=1S/C20H26O3/c1-5-18(21)23-17-9-7-6-8-15(17)20-19-13(3)10-12(2)16(11-22-20)14(19)4/h6-10,12,14,16,19-20H,5,11H2,1-4H3/t12-,14+,16+,19+,20+/m0/s1. The fraction of sp³-hybridized carbons (Fsp3) is 0.550. The van der Waals surface area contributed by atoms with E-state index in [9.17, 15) is 4.79 Å². The third-order valence-electron chi connectivity index (χ3n) is 5.50. The van der Waals surface area contributed by atoms with E-state index in [2.05, 4.69) is 26.8 Å². The highest BCUT2D eigenvalue weighted by atomic mass is 16.5. The van der Waals surface area contributed by atoms with Gasteiger partial charge in [0.1, 0.15) is 5.75 Å². The van der Waals surface area contributed by atoms with Crippen molar-refractivity contribution in [3.8, 4) is 5.75 Å². The molecule has 0 radical (unpaired) electrons. The highest BCUT2D eigenvalue weighted by molar-refractivity contribution is 5.72. The molecule has 2 bridgehead atoms. The quantitative estimate of drug-likeness (QED) is 0.467. The van der Waals surface area contributed by atoms with E-state index >= 15 is 0 Å². The molecule has 1 aromatic carbocycles. The number of hydrogen-bond donors (Lipinski definition) is 0. The van der Waals surface area contributed by atoms with Crippen LogP contribution in [0.25, 0.3) is 0 Å². The van der Waals surface area contributed by atoms with Crippen LogP contribution in [0.5, 0.6) is 5.75 Å². The third-order valence-corrected chi connectivity index (χ3v) is 5.50. The zero-order valence-corrected chi connectivity index (χ0v) is 14.4. The van der Waals surface area contributed by atoms with E-state index in [0.29, 0.717) is 35.8 Å². The summed E-state index contributed by atoms with van der Waals surface area (Å²) in [5.41, 5.74) is 2.38. The van der Waals surface area contributed by atoms with Gasteiger partial charge in [0.05, 0.1) is 12.7 Å². The zero-order chi connectivity index (χ0) is 16.6. The lowest BCUT2D eigenvalue weighted by Gasteiger charge is -2.47. The Kier molecular flexibility index (Phi) is 4.58. The maximum Gasteiger partial charge on any atom is 0.310 e. The van der Waals surface area contributed by atoms with Crippen molar-refractivity contribution in [1.82, 2.24) is 0 Å². The van der Waals surface area contributed by atoms with Crippen molar-refractivity contribution in [2.24, 2.45) is 23.7 Å². The van der Waals surface area contributed by atoms with Crippen LogP contribution >= 0.6 is 0 Å². The van der Waals surface area contributed by atoms with Gasteiger partial charge in [-0.15, -0.1) is 0 Å². The first-order chi connectivity index (χ1) is 11.0. The van der Waals surface area contributed by atoms with Crippen LogP contribution in [0.15, 0.2) is 35.9 Å². The largest absolute Gasteiger partial charge is 0.426 e. The topological polar surface area (TPSA) is 35.5 Å². The van der Waals surface area contributed by atoms with Gasteiger partial charge in [-0.25, -0.2) is 0 Å². The fourth-order valence-electron chi connectivity index (χ4n) is 4.23. The number of carbonyl (C=O) groups is 1. The number of rotatable bonds is 3. The molecule has 3 heteroatoms. The molecule has 3 nitrogen and oxygen atoms in total. The van der Waals surface area contributed by atoms with E-state index in [1.165, 1.54) is 5.57 Å². The Hall–Kier alpha value is -1.61. The Morgan fingerprint density at radius 2 is 2.04 bits per heavy atom. The van der Waals surface area contributed by atoms with E-state index < -0.39 is 0 Å². The van der Waals surface area contributed by atoms with Crippen LogP contribution in [0.2, 0.25) is 0 Å². The lowest BCUT2D eigenvalue weighted by molar-refractivity contribution is -0.134. The van der Waals surface area contributed by atoms with E-state index in [-0.39, 0.29) is 12.1 Å². The van der Waals surface area contributed by atoms with Gasteiger partial charge >= 0.3 is 5.97 Å². The van der Waals surface area contributed by atoms with Crippen molar-refractivity contribution in [1.29, 1.82) is 0 Å². The third kappa shape index (κ3) is 2.94. The Morgan fingerprint density at radius 1 is 1.30 bits per heavy atom. The molecule has 1 aromatic rings. The molecule has 124 valence electrons. The summed E-state index contributed by atoms with van der Waals surface area (Å²) in [7, 11) is 0. The molecule has 23 heavy (non-hydrogen) atoms. The second-order valence-corrected chi connectivity index (χ2v) is 6.94. The minimum atomic E-state index is -0.205. The molecule has 0 amide bonds. The van der Waals surface area contributed by atoms with Crippen molar-refractivity contribution in [3.05, 3.63) is 41.5 Å². The van der Waals surface area contributed by atoms with Crippen molar-refractivity contribution in [2.45, 2.75) is 40.2 Å². The minimum Gasteiger partial charge on any atom is -0.426 e. The van der Waals surface area contributed by atoms with Gasteiger partial charge in [0.15, 0.2) is 0 Å². The van der Waals surface area contributed by atoms with Crippen molar-refractivity contribution >= 4 is 5.97 Å². The average molecular weight is 314 g/mol. The molecule has 0 spiro atoms. The van der Waals surface area contributed by atoms with Crippen LogP contribution < -0.4 is 4.74 Å². The summed E-state index contributed by atoms with van der Waals surface area (Å²) in [5, 5.41) is 0. The van der Waals surface area contributed by atoms with Crippen molar-refractivity contribution in [2.75, 3.05) is 6.61 Å². The molecule has 1 saturated heterocycles. The second kappa shape index (κ2) is 6.48. The van der Waals surface area contributed by atoms with Crippen LogP contribution in [0.1, 0.15) is 45.8 Å². The van der Waals surface area contributed by atoms with Crippen molar-refractivity contribution in [3.63, 3.8) is 0 Å². The van der Waals surface area contributed by atoms with Crippen molar-refractivity contribution < 1.29 is 14.3 Å². The molecule has 1 heterocycles. The molecule has 0 unspecified atom stereocenters. The molecule has 0 aromatic heterocycles. The van der Waals surface area contributed by atoms with Gasteiger partial charge in [0, 0.05) is 17.9 Å². The summed E-state index contributed by atoms with van der Waals surface area (Å²) in [6.45, 7) is 9.39. The SMILES string of the molecule is CCC(=O)Oc1ccccc1[C@H]1OC[C@H]2[C@@H](C)[C@H]1C(C)=C[C@@H]2C. The Labute approximate surface area is 138 Å². The molecule has 2 aliphatic rings. The van der Waals surface area contributed by atoms with Crippen LogP contribution in [-0.2, 0) is 9.53 Å².